The van der Waals surface area contributed by atoms with Crippen LogP contribution < -0.4 is 10.5 Å². The minimum atomic E-state index is 0.0677. The highest BCUT2D eigenvalue weighted by Gasteiger charge is 2.40. The number of nitrogens with two attached hydrogens (primary N) is 1. The smallest absolute Gasteiger partial charge is 0.141 e. The molecule has 1 aromatic rings. The Bertz CT molecular complexity index is 486. The average Bonchev–Trinajstić information content (AvgIpc) is 2.91. The lowest BCUT2D eigenvalue weighted by Crippen LogP contribution is -2.41. The third kappa shape index (κ3) is 3.36. The van der Waals surface area contributed by atoms with Gasteiger partial charge in [-0.3, -0.25) is 0 Å². The Morgan fingerprint density at radius 3 is 2.90 bits per heavy atom. The van der Waals surface area contributed by atoms with Gasteiger partial charge in [-0.05, 0) is 37.4 Å². The van der Waals surface area contributed by atoms with Gasteiger partial charge in [0.1, 0.15) is 11.9 Å². The van der Waals surface area contributed by atoms with Gasteiger partial charge in [-0.25, -0.2) is 0 Å². The van der Waals surface area contributed by atoms with E-state index in [1.807, 2.05) is 12.1 Å². The van der Waals surface area contributed by atoms with Gasteiger partial charge < -0.3 is 15.2 Å². The van der Waals surface area contributed by atoms with Crippen molar-refractivity contribution in [1.82, 2.24) is 0 Å². The lowest BCUT2D eigenvalue weighted by atomic mass is 9.90. The van der Waals surface area contributed by atoms with Gasteiger partial charge in [-0.2, -0.15) is 0 Å². The van der Waals surface area contributed by atoms with Gasteiger partial charge in [0.05, 0.1) is 17.2 Å². The predicted molar refractivity (Wildman–Crippen MR) is 85.0 cm³/mol. The molecular formula is C17H24ClNO2. The summed E-state index contributed by atoms with van der Waals surface area (Å²) in [6.45, 7) is 1.40. The molecule has 0 bridgehead atoms. The molecular weight excluding hydrogens is 286 g/mol. The van der Waals surface area contributed by atoms with Crippen LogP contribution in [0.4, 0.5) is 0 Å². The molecule has 1 aliphatic heterocycles. The normalized spacial score (nSPS) is 24.4. The van der Waals surface area contributed by atoms with Crippen molar-refractivity contribution >= 4 is 11.6 Å². The number of ether oxygens (including phenoxy) is 2. The van der Waals surface area contributed by atoms with Crippen molar-refractivity contribution in [3.05, 3.63) is 28.8 Å². The van der Waals surface area contributed by atoms with E-state index in [0.29, 0.717) is 11.6 Å². The molecule has 1 unspecified atom stereocenters. The number of hydrogen-bond acceptors (Lipinski definition) is 3. The van der Waals surface area contributed by atoms with E-state index in [4.69, 9.17) is 26.8 Å². The van der Waals surface area contributed by atoms with Gasteiger partial charge >= 0.3 is 0 Å². The van der Waals surface area contributed by atoms with Crippen LogP contribution in [-0.4, -0.2) is 24.9 Å². The summed E-state index contributed by atoms with van der Waals surface area (Å²) in [6.07, 6.45) is 7.82. The Balaban J connectivity index is 1.74. The summed E-state index contributed by atoms with van der Waals surface area (Å²) in [4.78, 5) is 0. The summed E-state index contributed by atoms with van der Waals surface area (Å²) in [6, 6.07) is 5.91. The summed E-state index contributed by atoms with van der Waals surface area (Å²) < 4.78 is 12.4. The molecule has 1 spiro atoms. The maximum Gasteiger partial charge on any atom is 0.141 e. The molecule has 3 rings (SSSR count). The standard InChI is InChI=1S/C17H24ClNO2/c18-15-5-3-4-13(6-10-19)16(15)21-14-7-11-20-17(12-14)8-1-2-9-17/h3-5,14H,1-2,6-12,19H2. The fourth-order valence-corrected chi connectivity index (χ4v) is 3.89. The number of rotatable bonds is 4. The highest BCUT2D eigenvalue weighted by atomic mass is 35.5. The zero-order valence-electron chi connectivity index (χ0n) is 12.4. The second kappa shape index (κ2) is 6.55. The molecule has 1 atom stereocenters. The minimum Gasteiger partial charge on any atom is -0.488 e. The molecule has 0 aromatic heterocycles. The van der Waals surface area contributed by atoms with Crippen LogP contribution in [0.3, 0.4) is 0 Å². The van der Waals surface area contributed by atoms with E-state index in [1.165, 1.54) is 25.7 Å². The van der Waals surface area contributed by atoms with E-state index >= 15 is 0 Å². The van der Waals surface area contributed by atoms with Crippen molar-refractivity contribution in [2.45, 2.75) is 56.7 Å². The lowest BCUT2D eigenvalue weighted by molar-refractivity contribution is -0.108. The second-order valence-electron chi connectivity index (χ2n) is 6.24. The predicted octanol–water partition coefficient (Wildman–Crippen LogP) is 3.71. The average molecular weight is 310 g/mol. The Labute approximate surface area is 131 Å². The molecule has 1 aromatic carbocycles. The number of halogens is 1. The van der Waals surface area contributed by atoms with Crippen molar-refractivity contribution < 1.29 is 9.47 Å². The van der Waals surface area contributed by atoms with Gasteiger partial charge in [0.15, 0.2) is 0 Å². The number of benzene rings is 1. The van der Waals surface area contributed by atoms with E-state index in [0.717, 1.165) is 37.2 Å². The van der Waals surface area contributed by atoms with Gasteiger partial charge in [-0.1, -0.05) is 36.6 Å². The molecule has 0 amide bonds. The van der Waals surface area contributed by atoms with Crippen molar-refractivity contribution in [1.29, 1.82) is 0 Å². The third-order valence-corrected chi connectivity index (χ3v) is 5.01. The van der Waals surface area contributed by atoms with Crippen LogP contribution in [0.2, 0.25) is 5.02 Å². The van der Waals surface area contributed by atoms with Crippen molar-refractivity contribution in [2.75, 3.05) is 13.2 Å². The number of hydrogen-bond donors (Lipinski definition) is 1. The third-order valence-electron chi connectivity index (χ3n) is 4.71. The molecule has 1 saturated heterocycles. The van der Waals surface area contributed by atoms with Crippen LogP contribution in [0.15, 0.2) is 18.2 Å². The van der Waals surface area contributed by atoms with Crippen LogP contribution >= 0.6 is 11.6 Å². The first-order chi connectivity index (χ1) is 10.2. The van der Waals surface area contributed by atoms with Crippen LogP contribution in [0.1, 0.15) is 44.1 Å². The molecule has 21 heavy (non-hydrogen) atoms. The van der Waals surface area contributed by atoms with Gasteiger partial charge in [0.25, 0.3) is 0 Å². The molecule has 4 heteroatoms. The van der Waals surface area contributed by atoms with E-state index in [1.54, 1.807) is 0 Å². The molecule has 1 saturated carbocycles. The fraction of sp³-hybridized carbons (Fsp3) is 0.647. The molecule has 2 N–H and O–H groups in total. The first-order valence-corrected chi connectivity index (χ1v) is 8.38. The van der Waals surface area contributed by atoms with Crippen LogP contribution in [0.5, 0.6) is 5.75 Å². The van der Waals surface area contributed by atoms with Crippen LogP contribution in [0.25, 0.3) is 0 Å². The molecule has 3 nitrogen and oxygen atoms in total. The van der Waals surface area contributed by atoms with Crippen LogP contribution in [0, 0.1) is 0 Å². The fourth-order valence-electron chi connectivity index (χ4n) is 3.66. The molecule has 1 aliphatic carbocycles. The van der Waals surface area contributed by atoms with Crippen molar-refractivity contribution in [2.24, 2.45) is 5.73 Å². The highest BCUT2D eigenvalue weighted by molar-refractivity contribution is 6.32. The summed E-state index contributed by atoms with van der Waals surface area (Å²) in [5.74, 6) is 0.824. The lowest BCUT2D eigenvalue weighted by Gasteiger charge is -2.38. The maximum absolute atomic E-state index is 6.34. The quantitative estimate of drug-likeness (QED) is 0.922. The van der Waals surface area contributed by atoms with Gasteiger partial charge in [-0.15, -0.1) is 0 Å². The first kappa shape index (κ1) is 15.1. The largest absolute Gasteiger partial charge is 0.488 e. The summed E-state index contributed by atoms with van der Waals surface area (Å²) >= 11 is 6.34. The van der Waals surface area contributed by atoms with E-state index < -0.39 is 0 Å². The Morgan fingerprint density at radius 2 is 2.14 bits per heavy atom. The summed E-state index contributed by atoms with van der Waals surface area (Å²) in [7, 11) is 0. The summed E-state index contributed by atoms with van der Waals surface area (Å²) in [5, 5.41) is 0.688. The van der Waals surface area contributed by atoms with Gasteiger partial charge in [0.2, 0.25) is 0 Å². The zero-order chi connectivity index (χ0) is 14.7. The topological polar surface area (TPSA) is 44.5 Å². The summed E-state index contributed by atoms with van der Waals surface area (Å²) in [5.41, 5.74) is 6.86. The Morgan fingerprint density at radius 1 is 1.33 bits per heavy atom. The monoisotopic (exact) mass is 309 g/mol. The molecule has 2 fully saturated rings. The SMILES string of the molecule is NCCc1cccc(Cl)c1OC1CCOC2(CCCC2)C1. The molecule has 116 valence electrons. The van der Waals surface area contributed by atoms with E-state index in [9.17, 15) is 0 Å². The van der Waals surface area contributed by atoms with Crippen molar-refractivity contribution in [3.8, 4) is 5.75 Å². The molecule has 0 radical (unpaired) electrons. The molecule has 2 aliphatic rings. The van der Waals surface area contributed by atoms with Crippen molar-refractivity contribution in [3.63, 3.8) is 0 Å². The van der Waals surface area contributed by atoms with E-state index in [2.05, 4.69) is 6.07 Å². The zero-order valence-corrected chi connectivity index (χ0v) is 13.2. The highest BCUT2D eigenvalue weighted by Crippen LogP contribution is 2.41. The van der Waals surface area contributed by atoms with E-state index in [-0.39, 0.29) is 11.7 Å². The van der Waals surface area contributed by atoms with Gasteiger partial charge in [0, 0.05) is 12.8 Å². The molecule has 1 heterocycles. The Hall–Kier alpha value is -0.770. The number of para-hydroxylation sites is 1. The van der Waals surface area contributed by atoms with Crippen LogP contribution in [-0.2, 0) is 11.2 Å². The maximum atomic E-state index is 6.34. The minimum absolute atomic E-state index is 0.0677. The second-order valence-corrected chi connectivity index (χ2v) is 6.65. The first-order valence-electron chi connectivity index (χ1n) is 8.00. The Kier molecular flexibility index (Phi) is 4.72.